The Morgan fingerprint density at radius 1 is 1.07 bits per heavy atom. The van der Waals surface area contributed by atoms with E-state index < -0.39 is 0 Å². The molecule has 0 fully saturated rings. The lowest BCUT2D eigenvalue weighted by molar-refractivity contribution is 1.22. The average Bonchev–Trinajstić information content (AvgIpc) is 2.22. The van der Waals surface area contributed by atoms with E-state index in [1.165, 1.54) is 0 Å². The third kappa shape index (κ3) is 1.74. The average molecular weight is 200 g/mol. The monoisotopic (exact) mass is 200 g/mol. The Labute approximate surface area is 88.0 Å². The molecule has 2 rings (SSSR count). The first-order valence-corrected chi connectivity index (χ1v) is 4.61. The molecule has 0 spiro atoms. The van der Waals surface area contributed by atoms with E-state index in [1.807, 2.05) is 6.92 Å². The van der Waals surface area contributed by atoms with Gasteiger partial charge in [0.05, 0.1) is 11.4 Å². The molecule has 4 nitrogen and oxygen atoms in total. The SMILES string of the molecule is Cc1c(N)ccnc1-c1cc(N)ccn1. The van der Waals surface area contributed by atoms with Gasteiger partial charge in [0.1, 0.15) is 0 Å². The minimum atomic E-state index is 0.670. The van der Waals surface area contributed by atoms with Crippen molar-refractivity contribution in [2.24, 2.45) is 0 Å². The minimum Gasteiger partial charge on any atom is -0.399 e. The largest absolute Gasteiger partial charge is 0.399 e. The molecule has 4 heteroatoms. The first-order valence-electron chi connectivity index (χ1n) is 4.61. The second kappa shape index (κ2) is 3.57. The number of hydrogen-bond donors (Lipinski definition) is 2. The van der Waals surface area contributed by atoms with E-state index in [0.29, 0.717) is 11.4 Å². The van der Waals surface area contributed by atoms with Crippen LogP contribution in [0.5, 0.6) is 0 Å². The van der Waals surface area contributed by atoms with Gasteiger partial charge in [0.15, 0.2) is 0 Å². The van der Waals surface area contributed by atoms with Crippen LogP contribution in [0.1, 0.15) is 5.56 Å². The van der Waals surface area contributed by atoms with Crippen LogP contribution in [0.2, 0.25) is 0 Å². The molecule has 0 radical (unpaired) electrons. The molecule has 0 bridgehead atoms. The minimum absolute atomic E-state index is 0.670. The van der Waals surface area contributed by atoms with E-state index in [4.69, 9.17) is 11.5 Å². The molecule has 2 aromatic rings. The van der Waals surface area contributed by atoms with E-state index >= 15 is 0 Å². The summed E-state index contributed by atoms with van der Waals surface area (Å²) in [6, 6.07) is 5.30. The summed E-state index contributed by atoms with van der Waals surface area (Å²) in [5.41, 5.74) is 15.3. The summed E-state index contributed by atoms with van der Waals surface area (Å²) < 4.78 is 0. The number of pyridine rings is 2. The van der Waals surface area contributed by atoms with Gasteiger partial charge in [-0.15, -0.1) is 0 Å². The number of nitrogen functional groups attached to an aromatic ring is 2. The summed E-state index contributed by atoms with van der Waals surface area (Å²) in [7, 11) is 0. The molecule has 0 saturated carbocycles. The van der Waals surface area contributed by atoms with Crippen LogP contribution in [0.3, 0.4) is 0 Å². The Hall–Kier alpha value is -2.10. The maximum absolute atomic E-state index is 5.80. The summed E-state index contributed by atoms with van der Waals surface area (Å²) >= 11 is 0. The molecule has 76 valence electrons. The van der Waals surface area contributed by atoms with Gasteiger partial charge in [0, 0.05) is 23.8 Å². The van der Waals surface area contributed by atoms with Gasteiger partial charge in [0.2, 0.25) is 0 Å². The van der Waals surface area contributed by atoms with Crippen molar-refractivity contribution >= 4 is 11.4 Å². The molecule has 0 unspecified atom stereocenters. The number of rotatable bonds is 1. The zero-order valence-corrected chi connectivity index (χ0v) is 8.44. The maximum atomic E-state index is 5.80. The van der Waals surface area contributed by atoms with Crippen LogP contribution < -0.4 is 11.5 Å². The van der Waals surface area contributed by atoms with Crippen LogP contribution in [0, 0.1) is 6.92 Å². The van der Waals surface area contributed by atoms with Crippen molar-refractivity contribution in [3.05, 3.63) is 36.2 Å². The number of aromatic nitrogens is 2. The normalized spacial score (nSPS) is 10.2. The van der Waals surface area contributed by atoms with Gasteiger partial charge < -0.3 is 11.5 Å². The predicted molar refractivity (Wildman–Crippen MR) is 61.0 cm³/mol. The van der Waals surface area contributed by atoms with Crippen molar-refractivity contribution in [1.29, 1.82) is 0 Å². The quantitative estimate of drug-likeness (QED) is 0.733. The standard InChI is InChI=1S/C11H12N4/c1-7-9(13)3-5-15-11(7)10-6-8(12)2-4-14-10/h2-6H,1H3,(H2,12,14)(H2,13,15). The molecule has 0 amide bonds. The van der Waals surface area contributed by atoms with Crippen molar-refractivity contribution < 1.29 is 0 Å². The first-order chi connectivity index (χ1) is 7.18. The number of anilines is 2. The predicted octanol–water partition coefficient (Wildman–Crippen LogP) is 1.62. The van der Waals surface area contributed by atoms with E-state index in [1.54, 1.807) is 30.6 Å². The third-order valence-corrected chi connectivity index (χ3v) is 2.27. The fraction of sp³-hybridized carbons (Fsp3) is 0.0909. The number of nitrogens with zero attached hydrogens (tertiary/aromatic N) is 2. The maximum Gasteiger partial charge on any atom is 0.0936 e. The molecule has 0 aliphatic rings. The van der Waals surface area contributed by atoms with E-state index in [-0.39, 0.29) is 0 Å². The van der Waals surface area contributed by atoms with Crippen LogP contribution in [-0.2, 0) is 0 Å². The van der Waals surface area contributed by atoms with Crippen molar-refractivity contribution in [2.75, 3.05) is 11.5 Å². The van der Waals surface area contributed by atoms with Gasteiger partial charge in [-0.25, -0.2) is 0 Å². The lowest BCUT2D eigenvalue weighted by atomic mass is 10.1. The van der Waals surface area contributed by atoms with E-state index in [0.717, 1.165) is 17.0 Å². The van der Waals surface area contributed by atoms with Gasteiger partial charge >= 0.3 is 0 Å². The third-order valence-electron chi connectivity index (χ3n) is 2.27. The summed E-state index contributed by atoms with van der Waals surface area (Å²) in [5.74, 6) is 0. The van der Waals surface area contributed by atoms with Gasteiger partial charge in [0.25, 0.3) is 0 Å². The highest BCUT2D eigenvalue weighted by Gasteiger charge is 2.06. The summed E-state index contributed by atoms with van der Waals surface area (Å²) in [6.45, 7) is 1.92. The zero-order valence-electron chi connectivity index (χ0n) is 8.44. The second-order valence-electron chi connectivity index (χ2n) is 3.35. The Balaban J connectivity index is 2.59. The Morgan fingerprint density at radius 2 is 1.80 bits per heavy atom. The van der Waals surface area contributed by atoms with E-state index in [2.05, 4.69) is 9.97 Å². The lowest BCUT2D eigenvalue weighted by Crippen LogP contribution is -1.97. The van der Waals surface area contributed by atoms with Crippen molar-refractivity contribution in [3.8, 4) is 11.4 Å². The molecule has 2 aromatic heterocycles. The van der Waals surface area contributed by atoms with Crippen molar-refractivity contribution in [2.45, 2.75) is 6.92 Å². The summed E-state index contributed by atoms with van der Waals surface area (Å²) in [4.78, 5) is 8.47. The Kier molecular flexibility index (Phi) is 2.25. The van der Waals surface area contributed by atoms with Gasteiger partial charge in [-0.1, -0.05) is 0 Å². The van der Waals surface area contributed by atoms with Gasteiger partial charge in [-0.2, -0.15) is 0 Å². The van der Waals surface area contributed by atoms with Crippen molar-refractivity contribution in [1.82, 2.24) is 9.97 Å². The Morgan fingerprint density at radius 3 is 2.53 bits per heavy atom. The van der Waals surface area contributed by atoms with Crippen molar-refractivity contribution in [3.63, 3.8) is 0 Å². The molecule has 0 aromatic carbocycles. The van der Waals surface area contributed by atoms with Gasteiger partial charge in [-0.3, -0.25) is 9.97 Å². The first kappa shape index (κ1) is 9.45. The zero-order chi connectivity index (χ0) is 10.8. The summed E-state index contributed by atoms with van der Waals surface area (Å²) in [6.07, 6.45) is 3.33. The topological polar surface area (TPSA) is 77.8 Å². The summed E-state index contributed by atoms with van der Waals surface area (Å²) in [5, 5.41) is 0. The fourth-order valence-electron chi connectivity index (χ4n) is 1.39. The van der Waals surface area contributed by atoms with Crippen LogP contribution in [0.15, 0.2) is 30.6 Å². The molecular weight excluding hydrogens is 188 g/mol. The highest BCUT2D eigenvalue weighted by atomic mass is 14.8. The van der Waals surface area contributed by atoms with Crippen LogP contribution in [0.4, 0.5) is 11.4 Å². The van der Waals surface area contributed by atoms with E-state index in [9.17, 15) is 0 Å². The second-order valence-corrected chi connectivity index (χ2v) is 3.35. The van der Waals surface area contributed by atoms with Crippen LogP contribution in [0.25, 0.3) is 11.4 Å². The molecular formula is C11H12N4. The lowest BCUT2D eigenvalue weighted by Gasteiger charge is -2.06. The molecule has 0 aliphatic carbocycles. The number of hydrogen-bond acceptors (Lipinski definition) is 4. The number of nitrogens with two attached hydrogens (primary N) is 2. The molecule has 2 heterocycles. The molecule has 0 atom stereocenters. The highest BCUT2D eigenvalue weighted by molar-refractivity contribution is 5.67. The molecule has 15 heavy (non-hydrogen) atoms. The molecule has 0 saturated heterocycles. The smallest absolute Gasteiger partial charge is 0.0936 e. The Bertz CT molecular complexity index is 494. The van der Waals surface area contributed by atoms with Crippen LogP contribution >= 0.6 is 0 Å². The van der Waals surface area contributed by atoms with Gasteiger partial charge in [-0.05, 0) is 30.7 Å². The molecule has 4 N–H and O–H groups in total. The highest BCUT2D eigenvalue weighted by Crippen LogP contribution is 2.23. The van der Waals surface area contributed by atoms with Crippen LogP contribution in [-0.4, -0.2) is 9.97 Å². The molecule has 0 aliphatic heterocycles. The fourth-order valence-corrected chi connectivity index (χ4v) is 1.39.